The van der Waals surface area contributed by atoms with Crippen LogP contribution in [0.1, 0.15) is 55.9 Å². The van der Waals surface area contributed by atoms with Crippen molar-refractivity contribution in [2.24, 2.45) is 11.8 Å². The lowest BCUT2D eigenvalue weighted by atomic mass is 9.74. The van der Waals surface area contributed by atoms with Crippen LogP contribution in [0.3, 0.4) is 0 Å². The number of fused-ring (bicyclic) bond motifs is 2. The topological polar surface area (TPSA) is 125 Å². The smallest absolute Gasteiger partial charge is 0.313 e. The number of ether oxygens (including phenoxy) is 2. The van der Waals surface area contributed by atoms with Gasteiger partial charge in [-0.05, 0) is 62.4 Å². The van der Waals surface area contributed by atoms with Crippen LogP contribution in [0, 0.1) is 25.7 Å². The molecule has 8 atom stereocenters. The number of aryl methyl sites for hydroxylation is 2. The van der Waals surface area contributed by atoms with Crippen molar-refractivity contribution in [1.82, 2.24) is 10.2 Å². The van der Waals surface area contributed by atoms with Gasteiger partial charge in [0.1, 0.15) is 29.8 Å². The van der Waals surface area contributed by atoms with E-state index in [0.717, 1.165) is 11.1 Å². The number of cyclic esters (lactones) is 1. The third-order valence-electron chi connectivity index (χ3n) is 10.1. The van der Waals surface area contributed by atoms with Crippen LogP contribution in [-0.4, -0.2) is 76.7 Å². The number of nitrogens with zero attached hydrogens (tertiary/aromatic N) is 2. The van der Waals surface area contributed by atoms with Crippen molar-refractivity contribution in [2.45, 2.75) is 82.9 Å². The van der Waals surface area contributed by atoms with E-state index < -0.39 is 59.6 Å². The number of allylic oxidation sites excluding steroid dienone is 1. The van der Waals surface area contributed by atoms with E-state index in [1.165, 1.54) is 4.90 Å². The van der Waals surface area contributed by atoms with Crippen LogP contribution < -0.4 is 10.2 Å². The number of likely N-dealkylation sites (tertiary alicyclic amines) is 1. The highest BCUT2D eigenvalue weighted by Crippen LogP contribution is 2.59. The van der Waals surface area contributed by atoms with Gasteiger partial charge in [0, 0.05) is 23.1 Å². The van der Waals surface area contributed by atoms with Gasteiger partial charge < -0.3 is 29.7 Å². The number of benzene rings is 2. The maximum Gasteiger partial charge on any atom is 0.313 e. The van der Waals surface area contributed by atoms with Crippen molar-refractivity contribution < 1.29 is 33.8 Å². The summed E-state index contributed by atoms with van der Waals surface area (Å²) in [6, 6.07) is 12.6. The molecule has 1 spiro atoms. The van der Waals surface area contributed by atoms with Gasteiger partial charge in [0.15, 0.2) is 0 Å². The minimum absolute atomic E-state index is 0.173. The van der Waals surface area contributed by atoms with E-state index >= 15 is 4.79 Å². The summed E-state index contributed by atoms with van der Waals surface area (Å²) in [6.45, 7) is 7.31. The summed E-state index contributed by atoms with van der Waals surface area (Å²) in [5.41, 5.74) is 1.70. The SMILES string of the molecule is CC[C@@H](CO)N1C(=O)[C@@H]2[C@H]3C(=O)O[C@@H](c4ccccc4)[C@H](C)NC(=O)CC/C=C\CN(c4cc(C)ccc4C)C(=O)[C@@H]1[C@]21C=C(Br)[C@H]3O1. The van der Waals surface area contributed by atoms with Gasteiger partial charge in [-0.15, -0.1) is 0 Å². The number of esters is 1. The summed E-state index contributed by atoms with van der Waals surface area (Å²) in [4.78, 5) is 60.3. The molecule has 3 amide bonds. The summed E-state index contributed by atoms with van der Waals surface area (Å²) in [7, 11) is 0. The summed E-state index contributed by atoms with van der Waals surface area (Å²) in [6.07, 6.45) is 4.80. The third-order valence-corrected chi connectivity index (χ3v) is 10.8. The zero-order chi connectivity index (χ0) is 34.3. The molecule has 0 aliphatic carbocycles. The molecule has 6 rings (SSSR count). The van der Waals surface area contributed by atoms with Crippen LogP contribution in [0.4, 0.5) is 5.69 Å². The molecule has 0 saturated carbocycles. The molecule has 2 aromatic carbocycles. The monoisotopic (exact) mass is 719 g/mol. The minimum Gasteiger partial charge on any atom is -0.455 e. The molecule has 48 heavy (non-hydrogen) atoms. The van der Waals surface area contributed by atoms with Gasteiger partial charge in [-0.2, -0.15) is 0 Å². The van der Waals surface area contributed by atoms with Crippen LogP contribution in [0.15, 0.2) is 71.2 Å². The number of hydrogen-bond donors (Lipinski definition) is 2. The van der Waals surface area contributed by atoms with Gasteiger partial charge in [-0.25, -0.2) is 0 Å². The number of aliphatic hydroxyl groups is 1. The predicted molar refractivity (Wildman–Crippen MR) is 183 cm³/mol. The highest BCUT2D eigenvalue weighted by Gasteiger charge is 2.75. The molecule has 4 heterocycles. The summed E-state index contributed by atoms with van der Waals surface area (Å²) >= 11 is 3.61. The number of hydrogen-bond acceptors (Lipinski definition) is 7. The Morgan fingerprint density at radius 2 is 1.79 bits per heavy atom. The Balaban J connectivity index is 1.51. The minimum atomic E-state index is -1.49. The van der Waals surface area contributed by atoms with Crippen molar-refractivity contribution in [2.75, 3.05) is 18.1 Å². The number of anilines is 1. The number of halogens is 1. The highest BCUT2D eigenvalue weighted by molar-refractivity contribution is 9.11. The molecule has 2 aromatic rings. The van der Waals surface area contributed by atoms with Gasteiger partial charge in [-0.1, -0.05) is 77.5 Å². The first-order valence-corrected chi connectivity index (χ1v) is 17.4. The van der Waals surface area contributed by atoms with E-state index in [9.17, 15) is 19.5 Å². The van der Waals surface area contributed by atoms with Gasteiger partial charge in [0.2, 0.25) is 11.8 Å². The molecule has 2 saturated heterocycles. The Labute approximate surface area is 289 Å². The Kier molecular flexibility index (Phi) is 9.66. The van der Waals surface area contributed by atoms with Crippen LogP contribution in [-0.2, 0) is 28.7 Å². The summed E-state index contributed by atoms with van der Waals surface area (Å²) in [5.74, 6) is -3.85. The maximum absolute atomic E-state index is 15.1. The molecule has 4 aliphatic rings. The van der Waals surface area contributed by atoms with Gasteiger partial charge in [0.05, 0.1) is 24.6 Å². The molecule has 10 nitrogen and oxygen atoms in total. The fourth-order valence-corrected chi connectivity index (χ4v) is 8.43. The molecular weight excluding hydrogens is 678 g/mol. The number of rotatable bonds is 5. The van der Waals surface area contributed by atoms with Gasteiger partial charge >= 0.3 is 5.97 Å². The molecule has 5 bridgehead atoms. The van der Waals surface area contributed by atoms with Crippen LogP contribution in [0.5, 0.6) is 0 Å². The standard InChI is InChI=1S/C37H42BrN3O7/c1-5-25(20-42)41-33-35(45)40(27-18-21(2)15-16-22(27)3)17-11-7-10-14-28(43)39-23(4)31(24-12-8-6-9-13-24)47-36(46)29-30(34(41)44)37(33)19-26(38)32(29)48-37/h6-9,11-13,15-16,18-19,23,25,29-33,42H,5,10,14,17,20H2,1-4H3,(H,39,43)/b11-7-/t23-,25-,29+,30-,31+,32+,33+,37-/m0/s1. The van der Waals surface area contributed by atoms with Crippen molar-refractivity contribution >= 4 is 45.3 Å². The van der Waals surface area contributed by atoms with Crippen molar-refractivity contribution in [3.05, 3.63) is 87.9 Å². The Hall–Kier alpha value is -3.80. The van der Waals surface area contributed by atoms with Crippen LogP contribution in [0.2, 0.25) is 0 Å². The molecule has 4 aliphatic heterocycles. The normalized spacial score (nSPS) is 32.1. The number of carbonyl (C=O) groups excluding carboxylic acids is 4. The molecule has 11 heteroatoms. The Morgan fingerprint density at radius 3 is 2.50 bits per heavy atom. The van der Waals surface area contributed by atoms with E-state index in [-0.39, 0.29) is 31.4 Å². The molecule has 2 N–H and O–H groups in total. The fourth-order valence-electron chi connectivity index (χ4n) is 7.70. The molecule has 0 radical (unpaired) electrons. The third kappa shape index (κ3) is 5.79. The summed E-state index contributed by atoms with van der Waals surface area (Å²) in [5, 5.41) is 13.5. The fraction of sp³-hybridized carbons (Fsp3) is 0.459. The highest BCUT2D eigenvalue weighted by atomic mass is 79.9. The van der Waals surface area contributed by atoms with Crippen molar-refractivity contribution in [3.8, 4) is 0 Å². The second-order valence-electron chi connectivity index (χ2n) is 13.2. The second-order valence-corrected chi connectivity index (χ2v) is 14.1. The molecule has 0 unspecified atom stereocenters. The maximum atomic E-state index is 15.1. The second kappa shape index (κ2) is 13.6. The molecule has 0 aromatic heterocycles. The summed E-state index contributed by atoms with van der Waals surface area (Å²) < 4.78 is 13.4. The first kappa shape index (κ1) is 34.1. The molecule has 254 valence electrons. The zero-order valence-corrected chi connectivity index (χ0v) is 29.2. The van der Waals surface area contributed by atoms with E-state index in [1.54, 1.807) is 17.9 Å². The number of aliphatic hydroxyl groups excluding tert-OH is 1. The van der Waals surface area contributed by atoms with Gasteiger partial charge in [-0.3, -0.25) is 19.2 Å². The Morgan fingerprint density at radius 1 is 1.04 bits per heavy atom. The van der Waals surface area contributed by atoms with Gasteiger partial charge in [0.25, 0.3) is 5.91 Å². The quantitative estimate of drug-likeness (QED) is 0.346. The van der Waals surface area contributed by atoms with E-state index in [0.29, 0.717) is 28.6 Å². The predicted octanol–water partition coefficient (Wildman–Crippen LogP) is 4.42. The number of amides is 3. The largest absolute Gasteiger partial charge is 0.455 e. The molecule has 2 fully saturated rings. The van der Waals surface area contributed by atoms with Crippen LogP contribution in [0.25, 0.3) is 0 Å². The lowest BCUT2D eigenvalue weighted by molar-refractivity contribution is -0.161. The lowest BCUT2D eigenvalue weighted by Crippen LogP contribution is -2.58. The van der Waals surface area contributed by atoms with Crippen LogP contribution >= 0.6 is 15.9 Å². The lowest BCUT2D eigenvalue weighted by Gasteiger charge is -2.38. The number of carbonyl (C=O) groups is 4. The Bertz CT molecular complexity index is 1660. The number of nitrogens with one attached hydrogen (secondary N) is 1. The zero-order valence-electron chi connectivity index (χ0n) is 27.6. The van der Waals surface area contributed by atoms with E-state index in [1.807, 2.05) is 81.5 Å². The van der Waals surface area contributed by atoms with Crippen molar-refractivity contribution in [1.29, 1.82) is 0 Å². The van der Waals surface area contributed by atoms with Crippen molar-refractivity contribution in [3.63, 3.8) is 0 Å². The van der Waals surface area contributed by atoms with E-state index in [2.05, 4.69) is 21.2 Å². The van der Waals surface area contributed by atoms with E-state index in [4.69, 9.17) is 9.47 Å². The average Bonchev–Trinajstić information content (AvgIpc) is 3.66. The first-order valence-electron chi connectivity index (χ1n) is 16.6. The first-order chi connectivity index (χ1) is 23.0. The average molecular weight is 721 g/mol. The molecular formula is C37H42BrN3O7.